The molecule has 0 spiro atoms. The zero-order chi connectivity index (χ0) is 24.3. The monoisotopic (exact) mass is 452 g/mol. The highest BCUT2D eigenvalue weighted by molar-refractivity contribution is 5.19. The van der Waals surface area contributed by atoms with Gasteiger partial charge in [0.15, 0.2) is 0 Å². The normalized spacial score (nSPS) is 10.8. The van der Waals surface area contributed by atoms with E-state index in [1.165, 1.54) is 22.3 Å². The molecule has 0 fully saturated rings. The lowest BCUT2D eigenvalue weighted by Crippen LogP contribution is -2.21. The van der Waals surface area contributed by atoms with Crippen molar-refractivity contribution in [1.29, 1.82) is 0 Å². The van der Waals surface area contributed by atoms with E-state index >= 15 is 0 Å². The Morgan fingerprint density at radius 2 is 1.00 bits per heavy atom. The van der Waals surface area contributed by atoms with Gasteiger partial charge in [0.2, 0.25) is 0 Å². The van der Waals surface area contributed by atoms with E-state index in [4.69, 9.17) is 5.73 Å². The van der Waals surface area contributed by atoms with Gasteiger partial charge < -0.3 is 11.1 Å². The number of rotatable bonds is 8. The smallest absolute Gasteiger partial charge is 0.0291 e. The third-order valence-corrected chi connectivity index (χ3v) is 5.53. The summed E-state index contributed by atoms with van der Waals surface area (Å²) in [5, 5.41) is 3.55. The largest absolute Gasteiger partial charge is 0.330 e. The lowest BCUT2D eigenvalue weighted by molar-refractivity contribution is 0.577. The SMILES string of the molecule is CC(NCCc1ccccc1)c1ccccc1.CCc1ccccc1.NCCc1ccccc1. The van der Waals surface area contributed by atoms with Crippen LogP contribution in [0.5, 0.6) is 0 Å². The number of hydrogen-bond donors (Lipinski definition) is 2. The standard InChI is InChI=1S/C16H19N.C8H11N.C8H10/c1-14(16-10-6-3-7-11-16)17-13-12-15-8-4-2-5-9-15;9-7-6-8-4-2-1-3-5-8;1-2-8-6-4-3-5-7-8/h2-11,14,17H,12-13H2,1H3;1-5H,6-7,9H2;3-7H,2H2,1H3. The van der Waals surface area contributed by atoms with E-state index in [1.807, 2.05) is 24.3 Å². The highest BCUT2D eigenvalue weighted by atomic mass is 14.9. The lowest BCUT2D eigenvalue weighted by Gasteiger charge is -2.14. The summed E-state index contributed by atoms with van der Waals surface area (Å²) in [5.74, 6) is 0. The van der Waals surface area contributed by atoms with Crippen molar-refractivity contribution in [3.8, 4) is 0 Å². The molecule has 0 saturated carbocycles. The first-order valence-electron chi connectivity index (χ1n) is 12.3. The van der Waals surface area contributed by atoms with E-state index in [0.29, 0.717) is 6.04 Å². The van der Waals surface area contributed by atoms with Crippen LogP contribution < -0.4 is 11.1 Å². The van der Waals surface area contributed by atoms with Crippen LogP contribution in [0.2, 0.25) is 0 Å². The first-order chi connectivity index (χ1) is 16.7. The van der Waals surface area contributed by atoms with Crippen molar-refractivity contribution in [2.45, 2.75) is 39.2 Å². The van der Waals surface area contributed by atoms with Crippen LogP contribution in [-0.4, -0.2) is 13.1 Å². The van der Waals surface area contributed by atoms with Crippen LogP contribution >= 0.6 is 0 Å². The third kappa shape index (κ3) is 11.6. The number of nitrogens with two attached hydrogens (primary N) is 1. The highest BCUT2D eigenvalue weighted by Crippen LogP contribution is 2.11. The van der Waals surface area contributed by atoms with E-state index in [2.05, 4.69) is 116 Å². The molecule has 2 nitrogen and oxygen atoms in total. The van der Waals surface area contributed by atoms with Gasteiger partial charge in [-0.1, -0.05) is 128 Å². The minimum Gasteiger partial charge on any atom is -0.330 e. The number of nitrogens with one attached hydrogen (secondary N) is 1. The molecule has 0 radical (unpaired) electrons. The number of aryl methyl sites for hydroxylation is 1. The van der Waals surface area contributed by atoms with Crippen molar-refractivity contribution in [3.63, 3.8) is 0 Å². The third-order valence-electron chi connectivity index (χ3n) is 5.53. The molecule has 34 heavy (non-hydrogen) atoms. The molecule has 1 atom stereocenters. The molecule has 178 valence electrons. The summed E-state index contributed by atoms with van der Waals surface area (Å²) in [6, 6.07) is 42.3. The summed E-state index contributed by atoms with van der Waals surface area (Å²) in [6.45, 7) is 6.12. The molecule has 4 aromatic rings. The van der Waals surface area contributed by atoms with Crippen LogP contribution in [0.4, 0.5) is 0 Å². The average molecular weight is 453 g/mol. The molecule has 0 amide bonds. The summed E-state index contributed by atoms with van der Waals surface area (Å²) in [4.78, 5) is 0. The lowest BCUT2D eigenvalue weighted by atomic mass is 10.1. The second-order valence-corrected chi connectivity index (χ2v) is 8.19. The maximum absolute atomic E-state index is 5.36. The maximum Gasteiger partial charge on any atom is 0.0291 e. The summed E-state index contributed by atoms with van der Waals surface area (Å²) >= 11 is 0. The fourth-order valence-electron chi connectivity index (χ4n) is 3.46. The quantitative estimate of drug-likeness (QED) is 0.301. The predicted molar refractivity (Wildman–Crippen MR) is 148 cm³/mol. The predicted octanol–water partition coefficient (Wildman–Crippen LogP) is 7.02. The van der Waals surface area contributed by atoms with Gasteiger partial charge in [-0.2, -0.15) is 0 Å². The van der Waals surface area contributed by atoms with Gasteiger partial charge in [-0.15, -0.1) is 0 Å². The van der Waals surface area contributed by atoms with Gasteiger partial charge in [0, 0.05) is 6.04 Å². The Morgan fingerprint density at radius 1 is 0.588 bits per heavy atom. The van der Waals surface area contributed by atoms with Crippen LogP contribution in [0, 0.1) is 0 Å². The summed E-state index contributed by atoms with van der Waals surface area (Å²) in [7, 11) is 0. The molecule has 0 saturated heterocycles. The average Bonchev–Trinajstić information content (AvgIpc) is 2.92. The fraction of sp³-hybridized carbons (Fsp3) is 0.250. The molecule has 2 heteroatoms. The molecule has 0 aliphatic heterocycles. The molecule has 3 N–H and O–H groups in total. The molecular formula is C32H40N2. The molecule has 4 rings (SSSR count). The van der Waals surface area contributed by atoms with Crippen LogP contribution in [0.15, 0.2) is 121 Å². The van der Waals surface area contributed by atoms with Crippen LogP contribution in [-0.2, 0) is 19.3 Å². The zero-order valence-electron chi connectivity index (χ0n) is 20.7. The van der Waals surface area contributed by atoms with Crippen LogP contribution in [0.25, 0.3) is 0 Å². The van der Waals surface area contributed by atoms with Gasteiger partial charge in [0.25, 0.3) is 0 Å². The maximum atomic E-state index is 5.36. The summed E-state index contributed by atoms with van der Waals surface area (Å²) in [5.41, 5.74) is 10.8. The van der Waals surface area contributed by atoms with Gasteiger partial charge in [-0.3, -0.25) is 0 Å². The Hall–Kier alpha value is -3.20. The summed E-state index contributed by atoms with van der Waals surface area (Å²) in [6.07, 6.45) is 3.21. The molecule has 0 aromatic heterocycles. The van der Waals surface area contributed by atoms with Crippen molar-refractivity contribution in [2.75, 3.05) is 13.1 Å². The van der Waals surface area contributed by atoms with Gasteiger partial charge in [-0.25, -0.2) is 0 Å². The van der Waals surface area contributed by atoms with E-state index in [1.54, 1.807) is 0 Å². The Morgan fingerprint density at radius 3 is 1.41 bits per heavy atom. The molecule has 0 bridgehead atoms. The van der Waals surface area contributed by atoms with Crippen molar-refractivity contribution in [3.05, 3.63) is 144 Å². The van der Waals surface area contributed by atoms with E-state index < -0.39 is 0 Å². The Kier molecular flexibility index (Phi) is 13.8. The number of benzene rings is 4. The van der Waals surface area contributed by atoms with Crippen molar-refractivity contribution >= 4 is 0 Å². The molecule has 0 heterocycles. The van der Waals surface area contributed by atoms with Gasteiger partial charge in [0.05, 0.1) is 0 Å². The van der Waals surface area contributed by atoms with Crippen LogP contribution in [0.3, 0.4) is 0 Å². The molecule has 1 unspecified atom stereocenters. The van der Waals surface area contributed by atoms with E-state index in [-0.39, 0.29) is 0 Å². The number of hydrogen-bond acceptors (Lipinski definition) is 2. The topological polar surface area (TPSA) is 38.0 Å². The fourth-order valence-corrected chi connectivity index (χ4v) is 3.46. The first-order valence-corrected chi connectivity index (χ1v) is 12.3. The molecule has 0 aliphatic carbocycles. The Labute approximate surface area is 206 Å². The van der Waals surface area contributed by atoms with Crippen molar-refractivity contribution in [2.24, 2.45) is 5.73 Å². The minimum absolute atomic E-state index is 0.417. The van der Waals surface area contributed by atoms with Crippen molar-refractivity contribution in [1.82, 2.24) is 5.32 Å². The molecule has 4 aromatic carbocycles. The zero-order valence-corrected chi connectivity index (χ0v) is 20.7. The Bertz CT molecular complexity index is 970. The minimum atomic E-state index is 0.417. The second kappa shape index (κ2) is 17.3. The van der Waals surface area contributed by atoms with E-state index in [0.717, 1.165) is 32.4 Å². The summed E-state index contributed by atoms with van der Waals surface area (Å²) < 4.78 is 0. The molecular weight excluding hydrogens is 412 g/mol. The van der Waals surface area contributed by atoms with Gasteiger partial charge >= 0.3 is 0 Å². The van der Waals surface area contributed by atoms with E-state index in [9.17, 15) is 0 Å². The van der Waals surface area contributed by atoms with Crippen LogP contribution in [0.1, 0.15) is 42.1 Å². The first kappa shape index (κ1) is 27.0. The Balaban J connectivity index is 0.000000201. The van der Waals surface area contributed by atoms with Crippen molar-refractivity contribution < 1.29 is 0 Å². The van der Waals surface area contributed by atoms with Gasteiger partial charge in [-0.05, 0) is 61.5 Å². The molecule has 0 aliphatic rings. The second-order valence-electron chi connectivity index (χ2n) is 8.19. The van der Waals surface area contributed by atoms with Gasteiger partial charge in [0.1, 0.15) is 0 Å². The highest BCUT2D eigenvalue weighted by Gasteiger charge is 2.02.